The second kappa shape index (κ2) is 6.29. The van der Waals surface area contributed by atoms with Gasteiger partial charge in [-0.05, 0) is 38.1 Å². The first-order chi connectivity index (χ1) is 11.3. The molecule has 126 valence electrons. The molecule has 0 amide bonds. The SMILES string of the molecule is CC(C)Oc1ccc(NS(=O)(=O)c2c[nH]c3cc(Cl)ccc23)nn1. The molecule has 0 aliphatic heterocycles. The highest BCUT2D eigenvalue weighted by molar-refractivity contribution is 7.93. The molecule has 0 bridgehead atoms. The first kappa shape index (κ1) is 16.5. The molecule has 0 atom stereocenters. The van der Waals surface area contributed by atoms with Gasteiger partial charge in [-0.2, -0.15) is 0 Å². The van der Waals surface area contributed by atoms with Crippen molar-refractivity contribution < 1.29 is 13.2 Å². The van der Waals surface area contributed by atoms with Crippen LogP contribution in [0.25, 0.3) is 10.9 Å². The summed E-state index contributed by atoms with van der Waals surface area (Å²) in [6.45, 7) is 3.73. The number of aromatic amines is 1. The van der Waals surface area contributed by atoms with Gasteiger partial charge in [0.25, 0.3) is 10.0 Å². The highest BCUT2D eigenvalue weighted by Crippen LogP contribution is 2.26. The highest BCUT2D eigenvalue weighted by Gasteiger charge is 2.20. The number of nitrogens with zero attached hydrogens (tertiary/aromatic N) is 2. The summed E-state index contributed by atoms with van der Waals surface area (Å²) in [4.78, 5) is 3.00. The Hall–Kier alpha value is -2.32. The van der Waals surface area contributed by atoms with Gasteiger partial charge >= 0.3 is 0 Å². The standard InChI is InChI=1S/C15H15ClN4O3S/c1-9(2)23-15-6-5-14(18-19-15)20-24(21,22)13-8-17-12-7-10(16)3-4-11(12)13/h3-9,17H,1-2H3,(H,18,20). The van der Waals surface area contributed by atoms with Crippen molar-refractivity contribution in [2.24, 2.45) is 0 Å². The minimum atomic E-state index is -3.81. The molecule has 2 aromatic heterocycles. The average molecular weight is 367 g/mol. The van der Waals surface area contributed by atoms with Crippen molar-refractivity contribution in [1.29, 1.82) is 0 Å². The molecule has 1 aromatic carbocycles. The molecule has 24 heavy (non-hydrogen) atoms. The zero-order valence-electron chi connectivity index (χ0n) is 12.9. The fourth-order valence-electron chi connectivity index (χ4n) is 2.17. The van der Waals surface area contributed by atoms with Crippen LogP contribution in [0.15, 0.2) is 41.4 Å². The van der Waals surface area contributed by atoms with E-state index in [0.29, 0.717) is 21.8 Å². The number of H-pyrrole nitrogens is 1. The van der Waals surface area contributed by atoms with Crippen LogP contribution in [0.5, 0.6) is 5.88 Å². The Kier molecular flexibility index (Phi) is 4.33. The largest absolute Gasteiger partial charge is 0.474 e. The lowest BCUT2D eigenvalue weighted by molar-refractivity contribution is 0.230. The first-order valence-electron chi connectivity index (χ1n) is 7.15. The molecule has 3 aromatic rings. The predicted octanol–water partition coefficient (Wildman–Crippen LogP) is 3.20. The molecule has 9 heteroatoms. The lowest BCUT2D eigenvalue weighted by Gasteiger charge is -2.09. The van der Waals surface area contributed by atoms with E-state index in [1.807, 2.05) is 13.8 Å². The monoisotopic (exact) mass is 366 g/mol. The fraction of sp³-hybridized carbons (Fsp3) is 0.200. The Labute approximate surface area is 144 Å². The van der Waals surface area contributed by atoms with E-state index < -0.39 is 10.0 Å². The van der Waals surface area contributed by atoms with Crippen molar-refractivity contribution in [3.63, 3.8) is 0 Å². The van der Waals surface area contributed by atoms with Crippen molar-refractivity contribution in [2.75, 3.05) is 4.72 Å². The molecule has 0 fully saturated rings. The zero-order valence-corrected chi connectivity index (χ0v) is 14.5. The second-order valence-electron chi connectivity index (χ2n) is 5.37. The van der Waals surface area contributed by atoms with Crippen LogP contribution in [0.1, 0.15) is 13.8 Å². The molecule has 3 rings (SSSR count). The number of rotatable bonds is 5. The van der Waals surface area contributed by atoms with Crippen LogP contribution in [-0.2, 0) is 10.0 Å². The van der Waals surface area contributed by atoms with Crippen LogP contribution in [0.3, 0.4) is 0 Å². The summed E-state index contributed by atoms with van der Waals surface area (Å²) in [7, 11) is -3.81. The Bertz CT molecular complexity index is 968. The third-order valence-corrected chi connectivity index (χ3v) is 4.76. The van der Waals surface area contributed by atoms with Gasteiger partial charge < -0.3 is 9.72 Å². The zero-order chi connectivity index (χ0) is 17.3. The normalized spacial score (nSPS) is 11.8. The highest BCUT2D eigenvalue weighted by atomic mass is 35.5. The first-order valence-corrected chi connectivity index (χ1v) is 9.01. The van der Waals surface area contributed by atoms with E-state index in [1.54, 1.807) is 24.3 Å². The number of ether oxygens (including phenoxy) is 1. The van der Waals surface area contributed by atoms with Crippen molar-refractivity contribution in [3.8, 4) is 5.88 Å². The van der Waals surface area contributed by atoms with E-state index >= 15 is 0 Å². The molecular formula is C15H15ClN4O3S. The van der Waals surface area contributed by atoms with Crippen LogP contribution >= 0.6 is 11.6 Å². The Morgan fingerprint density at radius 2 is 2.00 bits per heavy atom. The van der Waals surface area contributed by atoms with E-state index in [4.69, 9.17) is 16.3 Å². The molecular weight excluding hydrogens is 352 g/mol. The summed E-state index contributed by atoms with van der Waals surface area (Å²) in [5.74, 6) is 0.434. The summed E-state index contributed by atoms with van der Waals surface area (Å²) in [6, 6.07) is 7.99. The molecule has 0 spiro atoms. The third kappa shape index (κ3) is 3.44. The van der Waals surface area contributed by atoms with Crippen molar-refractivity contribution >= 4 is 38.3 Å². The number of sulfonamides is 1. The van der Waals surface area contributed by atoms with Crippen LogP contribution in [0.2, 0.25) is 5.02 Å². The van der Waals surface area contributed by atoms with Gasteiger partial charge in [-0.3, -0.25) is 4.72 Å². The van der Waals surface area contributed by atoms with Gasteiger partial charge in [0, 0.05) is 28.2 Å². The van der Waals surface area contributed by atoms with E-state index in [1.165, 1.54) is 12.3 Å². The Balaban J connectivity index is 1.87. The molecule has 7 nitrogen and oxygen atoms in total. The van der Waals surface area contributed by atoms with Gasteiger partial charge in [0.1, 0.15) is 4.90 Å². The summed E-state index contributed by atoms with van der Waals surface area (Å²) < 4.78 is 32.9. The molecule has 0 aliphatic carbocycles. The van der Waals surface area contributed by atoms with Gasteiger partial charge in [0.15, 0.2) is 5.82 Å². The average Bonchev–Trinajstić information content (AvgIpc) is 2.92. The maximum Gasteiger partial charge on any atom is 0.265 e. The lowest BCUT2D eigenvalue weighted by atomic mass is 10.2. The molecule has 0 aliphatic rings. The Morgan fingerprint density at radius 1 is 1.21 bits per heavy atom. The van der Waals surface area contributed by atoms with E-state index in [0.717, 1.165) is 0 Å². The number of nitrogens with one attached hydrogen (secondary N) is 2. The van der Waals surface area contributed by atoms with Crippen LogP contribution in [0.4, 0.5) is 5.82 Å². The number of hydrogen-bond donors (Lipinski definition) is 2. The molecule has 0 saturated heterocycles. The minimum absolute atomic E-state index is 0.0418. The smallest absolute Gasteiger partial charge is 0.265 e. The quantitative estimate of drug-likeness (QED) is 0.722. The van der Waals surface area contributed by atoms with Crippen LogP contribution < -0.4 is 9.46 Å². The van der Waals surface area contributed by atoms with E-state index in [9.17, 15) is 8.42 Å². The molecule has 0 saturated carbocycles. The van der Waals surface area contributed by atoms with Crippen LogP contribution in [0, 0.1) is 0 Å². The van der Waals surface area contributed by atoms with Gasteiger partial charge in [0.05, 0.1) is 6.10 Å². The van der Waals surface area contributed by atoms with Crippen molar-refractivity contribution in [1.82, 2.24) is 15.2 Å². The van der Waals surface area contributed by atoms with Gasteiger partial charge in [-0.1, -0.05) is 11.6 Å². The Morgan fingerprint density at radius 3 is 2.67 bits per heavy atom. The predicted molar refractivity (Wildman–Crippen MR) is 91.9 cm³/mol. The van der Waals surface area contributed by atoms with Gasteiger partial charge in [0.2, 0.25) is 5.88 Å². The summed E-state index contributed by atoms with van der Waals surface area (Å²) in [5.41, 5.74) is 0.634. The third-order valence-electron chi connectivity index (χ3n) is 3.13. The van der Waals surface area contributed by atoms with Crippen LogP contribution in [-0.4, -0.2) is 29.7 Å². The molecule has 0 radical (unpaired) electrons. The molecule has 2 N–H and O–H groups in total. The maximum absolute atomic E-state index is 12.6. The van der Waals surface area contributed by atoms with Crippen molar-refractivity contribution in [2.45, 2.75) is 24.8 Å². The summed E-state index contributed by atoms with van der Waals surface area (Å²) >= 11 is 5.91. The lowest BCUT2D eigenvalue weighted by Crippen LogP contribution is -2.14. The number of fused-ring (bicyclic) bond motifs is 1. The topological polar surface area (TPSA) is 97.0 Å². The van der Waals surface area contributed by atoms with Crippen molar-refractivity contribution in [3.05, 3.63) is 41.6 Å². The number of halogens is 1. The maximum atomic E-state index is 12.6. The van der Waals surface area contributed by atoms with Gasteiger partial charge in [-0.15, -0.1) is 10.2 Å². The van der Waals surface area contributed by atoms with E-state index in [-0.39, 0.29) is 16.8 Å². The second-order valence-corrected chi connectivity index (χ2v) is 7.46. The number of benzene rings is 1. The summed E-state index contributed by atoms with van der Waals surface area (Å²) in [5, 5.41) is 8.72. The molecule has 0 unspecified atom stereocenters. The van der Waals surface area contributed by atoms with E-state index in [2.05, 4.69) is 19.9 Å². The number of aromatic nitrogens is 3. The summed E-state index contributed by atoms with van der Waals surface area (Å²) in [6.07, 6.45) is 1.37. The fourth-order valence-corrected chi connectivity index (χ4v) is 3.51. The van der Waals surface area contributed by atoms with Gasteiger partial charge in [-0.25, -0.2) is 8.42 Å². The number of hydrogen-bond acceptors (Lipinski definition) is 5. The number of anilines is 1. The minimum Gasteiger partial charge on any atom is -0.474 e. The molecule has 2 heterocycles.